The molecule has 0 N–H and O–H groups in total. The third-order valence-corrected chi connectivity index (χ3v) is 5.01. The van der Waals surface area contributed by atoms with Gasteiger partial charge in [-0.1, -0.05) is 24.3 Å². The first-order valence-electron chi connectivity index (χ1n) is 7.64. The Balaban J connectivity index is 1.89. The smallest absolute Gasteiger partial charge is 0.123 e. The highest BCUT2D eigenvalue weighted by atomic mass is 32.2. The van der Waals surface area contributed by atoms with Gasteiger partial charge in [0.2, 0.25) is 0 Å². The average molecular weight is 351 g/mol. The zero-order chi connectivity index (χ0) is 17.1. The van der Waals surface area contributed by atoms with Crippen LogP contribution in [0.15, 0.2) is 48.5 Å². The summed E-state index contributed by atoms with van der Waals surface area (Å²) in [6.07, 6.45) is 0. The highest BCUT2D eigenvalue weighted by molar-refractivity contribution is 7.76. The molecule has 0 aromatic heterocycles. The van der Waals surface area contributed by atoms with Gasteiger partial charge in [-0.15, -0.1) is 0 Å². The van der Waals surface area contributed by atoms with Crippen LogP contribution >= 0.6 is 0 Å². The number of benzene rings is 2. The molecule has 3 rings (SSSR count). The molecular weight excluding hydrogens is 334 g/mol. The van der Waals surface area contributed by atoms with E-state index in [2.05, 4.69) is 4.90 Å². The van der Waals surface area contributed by atoms with Crippen molar-refractivity contribution in [1.29, 1.82) is 0 Å². The SMILES string of the molecule is O=S([O-])N1CCN(C(c2ccc(F)cc2)c2ccc(F)cc2)CC1. The minimum atomic E-state index is -2.22. The summed E-state index contributed by atoms with van der Waals surface area (Å²) in [5, 5.41) is 0. The van der Waals surface area contributed by atoms with Crippen LogP contribution in [-0.2, 0) is 11.3 Å². The topological polar surface area (TPSA) is 46.6 Å². The minimum Gasteiger partial charge on any atom is -0.760 e. The van der Waals surface area contributed by atoms with Crippen LogP contribution in [-0.4, -0.2) is 44.1 Å². The Bertz CT molecular complexity index is 656. The zero-order valence-electron chi connectivity index (χ0n) is 12.9. The third kappa shape index (κ3) is 3.87. The summed E-state index contributed by atoms with van der Waals surface area (Å²) < 4.78 is 50.0. The molecule has 4 nitrogen and oxygen atoms in total. The Morgan fingerprint density at radius 2 is 1.25 bits per heavy atom. The Morgan fingerprint density at radius 1 is 0.833 bits per heavy atom. The molecule has 128 valence electrons. The molecule has 1 unspecified atom stereocenters. The van der Waals surface area contributed by atoms with E-state index in [9.17, 15) is 17.5 Å². The van der Waals surface area contributed by atoms with Crippen molar-refractivity contribution >= 4 is 11.3 Å². The summed E-state index contributed by atoms with van der Waals surface area (Å²) in [6, 6.07) is 12.3. The lowest BCUT2D eigenvalue weighted by atomic mass is 9.96. The number of hydrogen-bond acceptors (Lipinski definition) is 3. The van der Waals surface area contributed by atoms with Gasteiger partial charge in [0.15, 0.2) is 0 Å². The molecule has 0 radical (unpaired) electrons. The minimum absolute atomic E-state index is 0.173. The molecule has 1 atom stereocenters. The Kier molecular flexibility index (Phi) is 5.35. The van der Waals surface area contributed by atoms with Gasteiger partial charge >= 0.3 is 0 Å². The second-order valence-corrected chi connectivity index (χ2v) is 6.64. The quantitative estimate of drug-likeness (QED) is 0.795. The summed E-state index contributed by atoms with van der Waals surface area (Å²) >= 11 is -2.22. The lowest BCUT2D eigenvalue weighted by molar-refractivity contribution is 0.154. The number of halogens is 2. The van der Waals surface area contributed by atoms with E-state index in [1.54, 1.807) is 24.3 Å². The van der Waals surface area contributed by atoms with Crippen molar-refractivity contribution in [2.24, 2.45) is 0 Å². The molecule has 0 amide bonds. The van der Waals surface area contributed by atoms with E-state index in [0.717, 1.165) is 11.1 Å². The first-order chi connectivity index (χ1) is 11.5. The number of rotatable bonds is 4. The summed E-state index contributed by atoms with van der Waals surface area (Å²) in [4.78, 5) is 2.13. The highest BCUT2D eigenvalue weighted by Gasteiger charge is 2.26. The Hall–Kier alpha value is -1.67. The average Bonchev–Trinajstić information content (AvgIpc) is 2.59. The fourth-order valence-corrected chi connectivity index (χ4v) is 3.48. The fraction of sp³-hybridized carbons (Fsp3) is 0.294. The maximum Gasteiger partial charge on any atom is 0.123 e. The van der Waals surface area contributed by atoms with Gasteiger partial charge in [-0.05, 0) is 35.4 Å². The van der Waals surface area contributed by atoms with E-state index >= 15 is 0 Å². The highest BCUT2D eigenvalue weighted by Crippen LogP contribution is 2.30. The van der Waals surface area contributed by atoms with Gasteiger partial charge in [0.1, 0.15) is 11.6 Å². The standard InChI is InChI=1S/C17H18F2N2O2S/c18-15-5-1-13(2-6-15)17(14-3-7-16(19)8-4-14)20-9-11-21(12-10-20)24(22)23/h1-8,17H,9-12H2,(H,22,23)/p-1. The molecular formula is C17H17F2N2O2S-. The molecule has 7 heteroatoms. The van der Waals surface area contributed by atoms with Gasteiger partial charge in [-0.3, -0.25) is 9.11 Å². The van der Waals surface area contributed by atoms with E-state index in [4.69, 9.17) is 0 Å². The van der Waals surface area contributed by atoms with Crippen LogP contribution in [0.3, 0.4) is 0 Å². The predicted octanol–water partition coefficient (Wildman–Crippen LogP) is 2.47. The molecule has 1 aliphatic heterocycles. The molecule has 24 heavy (non-hydrogen) atoms. The van der Waals surface area contributed by atoms with Gasteiger partial charge in [0.25, 0.3) is 0 Å². The molecule has 2 aromatic rings. The van der Waals surface area contributed by atoms with Crippen LogP contribution < -0.4 is 0 Å². The zero-order valence-corrected chi connectivity index (χ0v) is 13.7. The largest absolute Gasteiger partial charge is 0.760 e. The van der Waals surface area contributed by atoms with Crippen LogP contribution in [0, 0.1) is 11.6 Å². The maximum absolute atomic E-state index is 13.2. The van der Waals surface area contributed by atoms with E-state index in [1.807, 2.05) is 0 Å². The summed E-state index contributed by atoms with van der Waals surface area (Å²) in [7, 11) is 0. The number of nitrogens with zero attached hydrogens (tertiary/aromatic N) is 2. The Labute approximate surface area is 142 Å². The monoisotopic (exact) mass is 351 g/mol. The van der Waals surface area contributed by atoms with Crippen molar-refractivity contribution in [1.82, 2.24) is 9.21 Å². The molecule has 1 fully saturated rings. The lowest BCUT2D eigenvalue weighted by Gasteiger charge is -2.40. The van der Waals surface area contributed by atoms with Crippen LogP contribution in [0.1, 0.15) is 17.2 Å². The predicted molar refractivity (Wildman–Crippen MR) is 86.7 cm³/mol. The van der Waals surface area contributed by atoms with Gasteiger partial charge in [0.05, 0.1) is 6.04 Å². The van der Waals surface area contributed by atoms with Crippen LogP contribution in [0.5, 0.6) is 0 Å². The fourth-order valence-electron chi connectivity index (χ4n) is 3.02. The molecule has 0 spiro atoms. The van der Waals surface area contributed by atoms with Crippen LogP contribution in [0.2, 0.25) is 0 Å². The molecule has 2 aromatic carbocycles. The van der Waals surface area contributed by atoms with Crippen molar-refractivity contribution in [3.63, 3.8) is 0 Å². The second-order valence-electron chi connectivity index (χ2n) is 5.69. The van der Waals surface area contributed by atoms with Gasteiger partial charge in [-0.2, -0.15) is 0 Å². The molecule has 0 saturated carbocycles. The summed E-state index contributed by atoms with van der Waals surface area (Å²) in [5.74, 6) is -0.633. The van der Waals surface area contributed by atoms with Crippen molar-refractivity contribution in [2.75, 3.05) is 26.2 Å². The number of hydrogen-bond donors (Lipinski definition) is 0. The molecule has 0 bridgehead atoms. The van der Waals surface area contributed by atoms with E-state index in [1.165, 1.54) is 28.6 Å². The van der Waals surface area contributed by atoms with Crippen molar-refractivity contribution < 1.29 is 17.5 Å². The maximum atomic E-state index is 13.2. The second kappa shape index (κ2) is 7.48. The van der Waals surface area contributed by atoms with Crippen LogP contribution in [0.25, 0.3) is 0 Å². The lowest BCUT2D eigenvalue weighted by Crippen LogP contribution is -2.48. The van der Waals surface area contributed by atoms with Crippen molar-refractivity contribution in [3.8, 4) is 0 Å². The third-order valence-electron chi connectivity index (χ3n) is 4.22. The van der Waals surface area contributed by atoms with E-state index < -0.39 is 11.3 Å². The van der Waals surface area contributed by atoms with Crippen LogP contribution in [0.4, 0.5) is 8.78 Å². The van der Waals surface area contributed by atoms with Gasteiger partial charge in [0, 0.05) is 37.4 Å². The first kappa shape index (κ1) is 17.2. The van der Waals surface area contributed by atoms with Crippen molar-refractivity contribution in [3.05, 3.63) is 71.3 Å². The molecule has 0 aliphatic carbocycles. The molecule has 1 heterocycles. The molecule has 1 aliphatic rings. The normalized spacial score (nSPS) is 18.0. The molecule has 1 saturated heterocycles. The van der Waals surface area contributed by atoms with Crippen molar-refractivity contribution in [2.45, 2.75) is 6.04 Å². The van der Waals surface area contributed by atoms with Gasteiger partial charge < -0.3 is 4.55 Å². The summed E-state index contributed by atoms with van der Waals surface area (Å²) in [6.45, 7) is 1.89. The number of piperazine rings is 1. The van der Waals surface area contributed by atoms with E-state index in [-0.39, 0.29) is 17.7 Å². The summed E-state index contributed by atoms with van der Waals surface area (Å²) in [5.41, 5.74) is 1.78. The Morgan fingerprint density at radius 3 is 1.62 bits per heavy atom. The van der Waals surface area contributed by atoms with E-state index in [0.29, 0.717) is 26.2 Å². The van der Waals surface area contributed by atoms with Gasteiger partial charge in [-0.25, -0.2) is 13.1 Å². The first-order valence-corrected chi connectivity index (χ1v) is 8.67.